The average Bonchev–Trinajstić information content (AvgIpc) is 2.35. The van der Waals surface area contributed by atoms with Crippen molar-refractivity contribution in [2.24, 2.45) is 0 Å². The summed E-state index contributed by atoms with van der Waals surface area (Å²) in [6, 6.07) is 5.46. The van der Waals surface area contributed by atoms with Crippen molar-refractivity contribution in [3.8, 4) is 5.75 Å². The van der Waals surface area contributed by atoms with Crippen molar-refractivity contribution in [2.75, 3.05) is 20.2 Å². The average molecular weight is 251 g/mol. The number of aliphatic hydroxyl groups is 1. The lowest BCUT2D eigenvalue weighted by atomic mass is 10.1. The predicted molar refractivity (Wildman–Crippen MR) is 70.6 cm³/mol. The van der Waals surface area contributed by atoms with Gasteiger partial charge in [-0.2, -0.15) is 0 Å². The summed E-state index contributed by atoms with van der Waals surface area (Å²) in [5.41, 5.74) is 1.76. The Kier molecular flexibility index (Phi) is 5.16. The highest BCUT2D eigenvalue weighted by Crippen LogP contribution is 2.22. The zero-order chi connectivity index (χ0) is 13.7. The lowest BCUT2D eigenvalue weighted by Gasteiger charge is -2.16. The summed E-state index contributed by atoms with van der Waals surface area (Å²) in [6.07, 6.45) is -0.495. The van der Waals surface area contributed by atoms with Gasteiger partial charge in [0, 0.05) is 13.6 Å². The van der Waals surface area contributed by atoms with Gasteiger partial charge in [-0.15, -0.1) is 0 Å². The number of carbonyl (C=O) groups is 1. The van der Waals surface area contributed by atoms with E-state index in [1.54, 1.807) is 31.0 Å². The molecular formula is C14H21NO3. The molecule has 0 saturated carbocycles. The SMILES string of the molecule is CCN(C)C(=O)COc1ccc([C@@H](C)O)cc1C. The van der Waals surface area contributed by atoms with Crippen molar-refractivity contribution < 1.29 is 14.6 Å². The van der Waals surface area contributed by atoms with E-state index in [1.165, 1.54) is 0 Å². The number of hydrogen-bond acceptors (Lipinski definition) is 3. The molecule has 100 valence electrons. The molecule has 0 unspecified atom stereocenters. The second-order valence-electron chi connectivity index (χ2n) is 4.40. The maximum atomic E-state index is 11.6. The Hall–Kier alpha value is -1.55. The summed E-state index contributed by atoms with van der Waals surface area (Å²) in [5.74, 6) is 0.633. The number of rotatable bonds is 5. The highest BCUT2D eigenvalue weighted by molar-refractivity contribution is 5.77. The Labute approximate surface area is 108 Å². The number of amides is 1. The number of nitrogens with zero attached hydrogens (tertiary/aromatic N) is 1. The van der Waals surface area contributed by atoms with Gasteiger partial charge in [0.2, 0.25) is 0 Å². The molecule has 1 aromatic rings. The largest absolute Gasteiger partial charge is 0.484 e. The van der Waals surface area contributed by atoms with Gasteiger partial charge in [0.1, 0.15) is 5.75 Å². The maximum Gasteiger partial charge on any atom is 0.260 e. The molecule has 1 amide bonds. The lowest BCUT2D eigenvalue weighted by molar-refractivity contribution is -0.131. The molecule has 0 aliphatic carbocycles. The zero-order valence-electron chi connectivity index (χ0n) is 11.4. The van der Waals surface area contributed by atoms with E-state index in [1.807, 2.05) is 19.9 Å². The number of hydrogen-bond donors (Lipinski definition) is 1. The molecule has 0 aliphatic heterocycles. The van der Waals surface area contributed by atoms with Crippen molar-refractivity contribution in [1.29, 1.82) is 0 Å². The molecule has 0 radical (unpaired) electrons. The van der Waals surface area contributed by atoms with E-state index in [4.69, 9.17) is 4.74 Å². The molecule has 4 heteroatoms. The van der Waals surface area contributed by atoms with E-state index in [9.17, 15) is 9.90 Å². The molecule has 0 aliphatic rings. The Morgan fingerprint density at radius 3 is 2.67 bits per heavy atom. The van der Waals surface area contributed by atoms with Gasteiger partial charge in [-0.3, -0.25) is 4.79 Å². The Morgan fingerprint density at radius 2 is 2.17 bits per heavy atom. The molecule has 0 aromatic heterocycles. The zero-order valence-corrected chi connectivity index (χ0v) is 11.4. The molecule has 4 nitrogen and oxygen atoms in total. The van der Waals surface area contributed by atoms with Crippen LogP contribution < -0.4 is 4.74 Å². The second-order valence-corrected chi connectivity index (χ2v) is 4.40. The van der Waals surface area contributed by atoms with Crippen molar-refractivity contribution in [1.82, 2.24) is 4.90 Å². The normalized spacial score (nSPS) is 12.1. The van der Waals surface area contributed by atoms with E-state index in [0.29, 0.717) is 12.3 Å². The molecule has 0 bridgehead atoms. The topological polar surface area (TPSA) is 49.8 Å². The van der Waals surface area contributed by atoms with Gasteiger partial charge >= 0.3 is 0 Å². The highest BCUT2D eigenvalue weighted by Gasteiger charge is 2.09. The summed E-state index contributed by atoms with van der Waals surface area (Å²) >= 11 is 0. The van der Waals surface area contributed by atoms with E-state index in [-0.39, 0.29) is 12.5 Å². The van der Waals surface area contributed by atoms with Crippen molar-refractivity contribution in [3.05, 3.63) is 29.3 Å². The van der Waals surface area contributed by atoms with E-state index in [0.717, 1.165) is 11.1 Å². The first-order chi connectivity index (χ1) is 8.45. The van der Waals surface area contributed by atoms with Crippen LogP contribution in [0.1, 0.15) is 31.1 Å². The van der Waals surface area contributed by atoms with Crippen molar-refractivity contribution in [3.63, 3.8) is 0 Å². The van der Waals surface area contributed by atoms with Crippen LogP contribution in [0.5, 0.6) is 5.75 Å². The first kappa shape index (κ1) is 14.5. The monoisotopic (exact) mass is 251 g/mol. The Morgan fingerprint density at radius 1 is 1.50 bits per heavy atom. The van der Waals surface area contributed by atoms with Crippen LogP contribution in [-0.4, -0.2) is 36.1 Å². The third-order valence-corrected chi connectivity index (χ3v) is 2.93. The van der Waals surface area contributed by atoms with Gasteiger partial charge in [-0.25, -0.2) is 0 Å². The minimum absolute atomic E-state index is 0.0409. The Bertz CT molecular complexity index is 416. The maximum absolute atomic E-state index is 11.6. The van der Waals surface area contributed by atoms with Crippen LogP contribution >= 0.6 is 0 Å². The van der Waals surface area contributed by atoms with E-state index in [2.05, 4.69) is 0 Å². The minimum Gasteiger partial charge on any atom is -0.484 e. The first-order valence-electron chi connectivity index (χ1n) is 6.11. The fourth-order valence-electron chi connectivity index (χ4n) is 1.52. The van der Waals surface area contributed by atoms with Gasteiger partial charge in [-0.05, 0) is 44.0 Å². The van der Waals surface area contributed by atoms with E-state index < -0.39 is 6.10 Å². The molecule has 1 aromatic carbocycles. The number of aryl methyl sites for hydroxylation is 1. The lowest BCUT2D eigenvalue weighted by Crippen LogP contribution is -2.31. The number of aliphatic hydroxyl groups excluding tert-OH is 1. The molecule has 1 N–H and O–H groups in total. The van der Waals surface area contributed by atoms with Gasteiger partial charge in [0.25, 0.3) is 5.91 Å². The second kappa shape index (κ2) is 6.40. The van der Waals surface area contributed by atoms with E-state index >= 15 is 0 Å². The quantitative estimate of drug-likeness (QED) is 0.869. The van der Waals surface area contributed by atoms with Gasteiger partial charge in [0.05, 0.1) is 6.10 Å². The Balaban J connectivity index is 2.66. The standard InChI is InChI=1S/C14H21NO3/c1-5-15(4)14(17)9-18-13-7-6-12(11(3)16)8-10(13)2/h6-8,11,16H,5,9H2,1-4H3/t11-/m1/s1. The van der Waals surface area contributed by atoms with Crippen LogP contribution in [-0.2, 0) is 4.79 Å². The molecular weight excluding hydrogens is 230 g/mol. The van der Waals surface area contributed by atoms with Crippen molar-refractivity contribution >= 4 is 5.91 Å². The summed E-state index contributed by atoms with van der Waals surface area (Å²) in [6.45, 7) is 6.24. The number of carbonyl (C=O) groups excluding carboxylic acids is 1. The predicted octanol–water partition coefficient (Wildman–Crippen LogP) is 1.91. The third-order valence-electron chi connectivity index (χ3n) is 2.93. The number of likely N-dealkylation sites (N-methyl/N-ethyl adjacent to an activating group) is 1. The summed E-state index contributed by atoms with van der Waals surface area (Å²) < 4.78 is 5.48. The van der Waals surface area contributed by atoms with Gasteiger partial charge in [0.15, 0.2) is 6.61 Å². The molecule has 1 rings (SSSR count). The molecule has 18 heavy (non-hydrogen) atoms. The molecule has 1 atom stereocenters. The van der Waals surface area contributed by atoms with Crippen LogP contribution in [0, 0.1) is 6.92 Å². The summed E-state index contributed by atoms with van der Waals surface area (Å²) in [4.78, 5) is 13.2. The highest BCUT2D eigenvalue weighted by atomic mass is 16.5. The van der Waals surface area contributed by atoms with Crippen LogP contribution in [0.15, 0.2) is 18.2 Å². The van der Waals surface area contributed by atoms with Gasteiger partial charge in [-0.1, -0.05) is 6.07 Å². The van der Waals surface area contributed by atoms with Crippen LogP contribution in [0.4, 0.5) is 0 Å². The number of benzene rings is 1. The number of ether oxygens (including phenoxy) is 1. The molecule has 0 spiro atoms. The van der Waals surface area contributed by atoms with Crippen molar-refractivity contribution in [2.45, 2.75) is 26.9 Å². The van der Waals surface area contributed by atoms with Crippen LogP contribution in [0.3, 0.4) is 0 Å². The minimum atomic E-state index is -0.495. The third kappa shape index (κ3) is 3.74. The molecule has 0 heterocycles. The van der Waals surface area contributed by atoms with Crippen LogP contribution in [0.2, 0.25) is 0 Å². The molecule has 0 saturated heterocycles. The summed E-state index contributed by atoms with van der Waals surface area (Å²) in [7, 11) is 1.75. The first-order valence-corrected chi connectivity index (χ1v) is 6.11. The van der Waals surface area contributed by atoms with Gasteiger partial charge < -0.3 is 14.7 Å². The molecule has 0 fully saturated rings. The fourth-order valence-corrected chi connectivity index (χ4v) is 1.52. The smallest absolute Gasteiger partial charge is 0.260 e. The summed E-state index contributed by atoms with van der Waals surface area (Å²) in [5, 5.41) is 9.46. The fraction of sp³-hybridized carbons (Fsp3) is 0.500. The van der Waals surface area contributed by atoms with Crippen LogP contribution in [0.25, 0.3) is 0 Å².